The van der Waals surface area contributed by atoms with E-state index in [0.717, 1.165) is 68.8 Å². The fraction of sp³-hybridized carbons (Fsp3) is 0.250. The largest absolute Gasteiger partial charge is 0.367 e. The van der Waals surface area contributed by atoms with Gasteiger partial charge in [-0.15, -0.1) is 0 Å². The molecule has 1 N–H and O–H groups in total. The number of benzene rings is 2. The van der Waals surface area contributed by atoms with Gasteiger partial charge in [-0.3, -0.25) is 14.9 Å². The number of pyridine rings is 2. The van der Waals surface area contributed by atoms with E-state index in [0.29, 0.717) is 6.04 Å². The van der Waals surface area contributed by atoms with Gasteiger partial charge in [-0.1, -0.05) is 54.6 Å². The van der Waals surface area contributed by atoms with Crippen LogP contribution in [-0.2, 0) is 19.4 Å². The molecule has 0 unspecified atom stereocenters. The highest BCUT2D eigenvalue weighted by atomic mass is 15.1. The molecule has 1 fully saturated rings. The number of nitrogens with zero attached hydrogens (tertiary/aromatic N) is 6. The van der Waals surface area contributed by atoms with Crippen LogP contribution in [0.2, 0.25) is 0 Å². The Morgan fingerprint density at radius 3 is 2.49 bits per heavy atom. The molecule has 0 atom stereocenters. The van der Waals surface area contributed by atoms with Crippen LogP contribution in [0.1, 0.15) is 41.8 Å². The van der Waals surface area contributed by atoms with E-state index in [4.69, 9.17) is 10.2 Å². The topological polar surface area (TPSA) is 90.6 Å². The lowest BCUT2D eigenvalue weighted by molar-refractivity contribution is 0.211. The van der Waals surface area contributed by atoms with Gasteiger partial charge in [-0.2, -0.15) is 5.26 Å². The Balaban J connectivity index is 1.10. The first-order valence-corrected chi connectivity index (χ1v) is 15.1. The Labute approximate surface area is 252 Å². The Bertz CT molecular complexity index is 1770. The normalized spacial score (nSPS) is 15.1. The van der Waals surface area contributed by atoms with Gasteiger partial charge in [0.1, 0.15) is 11.9 Å². The zero-order chi connectivity index (χ0) is 29.0. The van der Waals surface area contributed by atoms with E-state index in [9.17, 15) is 0 Å². The summed E-state index contributed by atoms with van der Waals surface area (Å²) in [7, 11) is 0. The molecule has 43 heavy (non-hydrogen) atoms. The maximum Gasteiger partial charge on any atom is 0.234 e. The molecule has 0 radical (unpaired) electrons. The summed E-state index contributed by atoms with van der Waals surface area (Å²) < 4.78 is 0. The van der Waals surface area contributed by atoms with Crippen LogP contribution in [0.25, 0.3) is 33.5 Å². The molecule has 0 bridgehead atoms. The average Bonchev–Trinajstić information content (AvgIpc) is 3.26. The molecule has 4 heterocycles. The zero-order valence-corrected chi connectivity index (χ0v) is 24.1. The second kappa shape index (κ2) is 12.1. The van der Waals surface area contributed by atoms with Crippen LogP contribution in [-0.4, -0.2) is 44.0 Å². The molecular weight excluding hydrogens is 530 g/mol. The SMILES string of the molecule is N#Cc1nccc(NC2CCN(Cc3ccc(-c4ncc5c(c4-c4ccccc4)CCCc4cnccc4-5)cc3)CC2)n1. The summed E-state index contributed by atoms with van der Waals surface area (Å²) >= 11 is 0. The third-order valence-electron chi connectivity index (χ3n) is 8.64. The van der Waals surface area contributed by atoms with Crippen molar-refractivity contribution in [2.45, 2.75) is 44.7 Å². The van der Waals surface area contributed by atoms with Crippen molar-refractivity contribution in [3.05, 3.63) is 114 Å². The van der Waals surface area contributed by atoms with Gasteiger partial charge in [0, 0.05) is 67.2 Å². The Hall–Kier alpha value is -4.93. The van der Waals surface area contributed by atoms with Crippen molar-refractivity contribution < 1.29 is 0 Å². The van der Waals surface area contributed by atoms with E-state index in [1.165, 1.54) is 38.9 Å². The lowest BCUT2D eigenvalue weighted by Gasteiger charge is -2.32. The number of aryl methyl sites for hydroxylation is 1. The van der Waals surface area contributed by atoms with Gasteiger partial charge < -0.3 is 5.32 Å². The minimum atomic E-state index is 0.200. The quantitative estimate of drug-likeness (QED) is 0.246. The first-order chi connectivity index (χ1) is 21.2. The van der Waals surface area contributed by atoms with Crippen molar-refractivity contribution in [1.29, 1.82) is 5.26 Å². The van der Waals surface area contributed by atoms with Crippen LogP contribution in [0.3, 0.4) is 0 Å². The summed E-state index contributed by atoms with van der Waals surface area (Å²) in [5, 5.41) is 12.5. The number of piperidine rings is 1. The number of fused-ring (bicyclic) bond motifs is 3. The zero-order valence-electron chi connectivity index (χ0n) is 24.1. The summed E-state index contributed by atoms with van der Waals surface area (Å²) in [5.41, 5.74) is 11.1. The Morgan fingerprint density at radius 2 is 1.67 bits per heavy atom. The van der Waals surface area contributed by atoms with Crippen LogP contribution in [0, 0.1) is 11.3 Å². The van der Waals surface area contributed by atoms with Gasteiger partial charge in [-0.25, -0.2) is 9.97 Å². The lowest BCUT2D eigenvalue weighted by atomic mass is 9.88. The number of aromatic nitrogens is 4. The Kier molecular flexibility index (Phi) is 7.60. The number of hydrogen-bond acceptors (Lipinski definition) is 7. The molecule has 2 aromatic carbocycles. The van der Waals surface area contributed by atoms with Gasteiger partial charge in [0.2, 0.25) is 5.82 Å². The number of nitrogens with one attached hydrogen (secondary N) is 1. The van der Waals surface area contributed by atoms with Crippen LogP contribution >= 0.6 is 0 Å². The number of rotatable bonds is 6. The van der Waals surface area contributed by atoms with E-state index >= 15 is 0 Å². The monoisotopic (exact) mass is 563 g/mol. The van der Waals surface area contributed by atoms with E-state index in [1.54, 1.807) is 6.20 Å². The molecule has 2 aliphatic rings. The molecule has 1 saturated heterocycles. The third-order valence-corrected chi connectivity index (χ3v) is 8.64. The van der Waals surface area contributed by atoms with Crippen LogP contribution in [0.4, 0.5) is 5.82 Å². The van der Waals surface area contributed by atoms with Gasteiger partial charge >= 0.3 is 0 Å². The standard InChI is InChI=1S/C36H33N7/c37-21-34-39-18-14-33(42-34)41-29-15-19-43(20-16-29)24-25-9-11-27(12-10-25)36-35(26-5-2-1-3-6-26)31-8-4-7-28-22-38-17-13-30(28)32(31)23-40-36/h1-3,5-6,9-14,17-18,22-23,29H,4,7-8,15-16,19-20,24H2,(H,39,41,42). The molecule has 7 rings (SSSR count). The van der Waals surface area contributed by atoms with Crippen LogP contribution < -0.4 is 5.32 Å². The minimum absolute atomic E-state index is 0.200. The average molecular weight is 564 g/mol. The summed E-state index contributed by atoms with van der Waals surface area (Å²) in [4.78, 5) is 20.2. The second-order valence-electron chi connectivity index (χ2n) is 11.4. The van der Waals surface area contributed by atoms with E-state index in [2.05, 4.69) is 92.0 Å². The second-order valence-corrected chi connectivity index (χ2v) is 11.4. The molecule has 5 aromatic rings. The molecule has 7 heteroatoms. The highest BCUT2D eigenvalue weighted by Gasteiger charge is 2.23. The molecular formula is C36H33N7. The van der Waals surface area contributed by atoms with E-state index in [-0.39, 0.29) is 5.82 Å². The van der Waals surface area contributed by atoms with E-state index in [1.807, 2.05) is 24.5 Å². The maximum absolute atomic E-state index is 9.07. The third kappa shape index (κ3) is 5.75. The summed E-state index contributed by atoms with van der Waals surface area (Å²) in [6.07, 6.45) is 12.8. The van der Waals surface area contributed by atoms with Gasteiger partial charge in [0.25, 0.3) is 0 Å². The molecule has 212 valence electrons. The van der Waals surface area contributed by atoms with Crippen molar-refractivity contribution in [2.75, 3.05) is 18.4 Å². The number of nitriles is 1. The maximum atomic E-state index is 9.07. The fourth-order valence-corrected chi connectivity index (χ4v) is 6.48. The van der Waals surface area contributed by atoms with Gasteiger partial charge in [0.15, 0.2) is 0 Å². The molecule has 1 aliphatic carbocycles. The van der Waals surface area contributed by atoms with Crippen molar-refractivity contribution in [2.24, 2.45) is 0 Å². The molecule has 0 amide bonds. The van der Waals surface area contributed by atoms with E-state index < -0.39 is 0 Å². The van der Waals surface area contributed by atoms with Crippen molar-refractivity contribution in [3.8, 4) is 39.6 Å². The van der Waals surface area contributed by atoms with Crippen molar-refractivity contribution in [3.63, 3.8) is 0 Å². The van der Waals surface area contributed by atoms with Crippen molar-refractivity contribution in [1.82, 2.24) is 24.8 Å². The van der Waals surface area contributed by atoms with Crippen LogP contribution in [0.5, 0.6) is 0 Å². The van der Waals surface area contributed by atoms with Gasteiger partial charge in [0.05, 0.1) is 5.69 Å². The summed E-state index contributed by atoms with van der Waals surface area (Å²) in [6, 6.07) is 26.0. The van der Waals surface area contributed by atoms with Crippen molar-refractivity contribution >= 4 is 5.82 Å². The predicted octanol–water partition coefficient (Wildman–Crippen LogP) is 6.70. The predicted molar refractivity (Wildman–Crippen MR) is 169 cm³/mol. The van der Waals surface area contributed by atoms with Crippen LogP contribution in [0.15, 0.2) is 91.5 Å². The number of anilines is 1. The highest BCUT2D eigenvalue weighted by Crippen LogP contribution is 2.41. The first kappa shape index (κ1) is 26.9. The molecule has 7 nitrogen and oxygen atoms in total. The summed E-state index contributed by atoms with van der Waals surface area (Å²) in [6.45, 7) is 2.95. The lowest BCUT2D eigenvalue weighted by Crippen LogP contribution is -2.38. The smallest absolute Gasteiger partial charge is 0.234 e. The fourth-order valence-electron chi connectivity index (χ4n) is 6.48. The summed E-state index contributed by atoms with van der Waals surface area (Å²) in [5.74, 6) is 0.925. The number of hydrogen-bond donors (Lipinski definition) is 1. The molecule has 0 saturated carbocycles. The minimum Gasteiger partial charge on any atom is -0.367 e. The highest BCUT2D eigenvalue weighted by molar-refractivity contribution is 5.89. The molecule has 1 aliphatic heterocycles. The van der Waals surface area contributed by atoms with Gasteiger partial charge in [-0.05, 0) is 72.1 Å². The first-order valence-electron chi connectivity index (χ1n) is 15.1. The molecule has 3 aromatic heterocycles. The number of likely N-dealkylation sites (tertiary alicyclic amines) is 1. The Morgan fingerprint density at radius 1 is 0.837 bits per heavy atom. The molecule has 0 spiro atoms.